The summed E-state index contributed by atoms with van der Waals surface area (Å²) >= 11 is 0. The molecule has 1 aromatic rings. The number of aromatic nitrogens is 1. The average Bonchev–Trinajstić information content (AvgIpc) is 2.38. The fourth-order valence-electron chi connectivity index (χ4n) is 1.18. The predicted octanol–water partition coefficient (Wildman–Crippen LogP) is -0.130. The molecule has 0 aliphatic heterocycles. The number of rotatable bonds is 3. The van der Waals surface area contributed by atoms with Gasteiger partial charge in [0.2, 0.25) is 0 Å². The van der Waals surface area contributed by atoms with E-state index in [2.05, 4.69) is 15.0 Å². The Morgan fingerprint density at radius 2 is 2.28 bits per heavy atom. The molecule has 1 amide bonds. The van der Waals surface area contributed by atoms with Gasteiger partial charge in [0, 0.05) is 11.8 Å². The third-order valence-electron chi connectivity index (χ3n) is 2.26. The second kappa shape index (κ2) is 5.63. The van der Waals surface area contributed by atoms with Crippen LogP contribution in [-0.2, 0) is 9.53 Å². The van der Waals surface area contributed by atoms with Crippen molar-refractivity contribution in [1.29, 1.82) is 5.26 Å². The Kier molecular flexibility index (Phi) is 4.21. The Morgan fingerprint density at radius 3 is 2.83 bits per heavy atom. The third kappa shape index (κ3) is 2.74. The molecule has 0 spiro atoms. The Morgan fingerprint density at radius 1 is 1.61 bits per heavy atom. The molecule has 0 aromatic carbocycles. The van der Waals surface area contributed by atoms with Crippen LogP contribution in [0.1, 0.15) is 21.6 Å². The fourth-order valence-corrected chi connectivity index (χ4v) is 1.18. The van der Waals surface area contributed by atoms with Crippen molar-refractivity contribution < 1.29 is 19.4 Å². The van der Waals surface area contributed by atoms with Gasteiger partial charge in [-0.15, -0.1) is 0 Å². The van der Waals surface area contributed by atoms with Gasteiger partial charge in [-0.1, -0.05) is 0 Å². The maximum absolute atomic E-state index is 11.6. The number of ether oxygens (including phenoxy) is 1. The summed E-state index contributed by atoms with van der Waals surface area (Å²) in [5.41, 5.74) is 0.197. The summed E-state index contributed by atoms with van der Waals surface area (Å²) in [6.45, 7) is 1.17. The zero-order valence-electron chi connectivity index (χ0n) is 9.85. The summed E-state index contributed by atoms with van der Waals surface area (Å²) in [5.74, 6) is -1.71. The molecule has 0 aliphatic carbocycles. The monoisotopic (exact) mass is 249 g/mol. The molecule has 18 heavy (non-hydrogen) atoms. The molecule has 94 valence electrons. The Bertz CT molecular complexity index is 534. The summed E-state index contributed by atoms with van der Waals surface area (Å²) < 4.78 is 4.35. The van der Waals surface area contributed by atoms with E-state index in [-0.39, 0.29) is 29.1 Å². The van der Waals surface area contributed by atoms with Crippen LogP contribution in [-0.4, -0.2) is 35.6 Å². The fraction of sp³-hybridized carbons (Fsp3) is 0.273. The van der Waals surface area contributed by atoms with Crippen molar-refractivity contribution in [3.63, 3.8) is 0 Å². The lowest BCUT2D eigenvalue weighted by Crippen LogP contribution is -2.30. The van der Waals surface area contributed by atoms with Crippen LogP contribution in [0.4, 0.5) is 0 Å². The smallest absolute Gasteiger partial charge is 0.325 e. The number of hydrogen-bond acceptors (Lipinski definition) is 6. The van der Waals surface area contributed by atoms with Crippen LogP contribution in [0.25, 0.3) is 0 Å². The Labute approximate surface area is 103 Å². The number of carbonyl (C=O) groups is 2. The van der Waals surface area contributed by atoms with Crippen molar-refractivity contribution in [3.8, 4) is 11.8 Å². The van der Waals surface area contributed by atoms with Gasteiger partial charge >= 0.3 is 5.97 Å². The molecule has 0 aliphatic rings. The lowest BCUT2D eigenvalue weighted by atomic mass is 10.1. The van der Waals surface area contributed by atoms with Crippen LogP contribution < -0.4 is 5.32 Å². The van der Waals surface area contributed by atoms with Gasteiger partial charge in [0.25, 0.3) is 5.91 Å². The summed E-state index contributed by atoms with van der Waals surface area (Å²) in [4.78, 5) is 26.1. The summed E-state index contributed by atoms with van der Waals surface area (Å²) in [6.07, 6.45) is 1.18. The van der Waals surface area contributed by atoms with Gasteiger partial charge in [-0.2, -0.15) is 5.26 Å². The highest BCUT2D eigenvalue weighted by molar-refractivity contribution is 5.96. The molecular formula is C11H11N3O4. The molecule has 0 radical (unpaired) electrons. The SMILES string of the molecule is COC(=O)CNC(=O)c1ncc(C#N)c(C)c1O. The minimum Gasteiger partial charge on any atom is -0.505 e. The normalized spacial score (nSPS) is 9.39. The highest BCUT2D eigenvalue weighted by Gasteiger charge is 2.17. The van der Waals surface area contributed by atoms with Crippen LogP contribution in [0.5, 0.6) is 5.75 Å². The first-order valence-electron chi connectivity index (χ1n) is 4.95. The van der Waals surface area contributed by atoms with E-state index in [0.717, 1.165) is 0 Å². The molecule has 0 unspecified atom stereocenters. The number of aromatic hydroxyl groups is 1. The van der Waals surface area contributed by atoms with E-state index >= 15 is 0 Å². The first kappa shape index (κ1) is 13.4. The molecule has 2 N–H and O–H groups in total. The zero-order chi connectivity index (χ0) is 13.7. The van der Waals surface area contributed by atoms with E-state index < -0.39 is 11.9 Å². The van der Waals surface area contributed by atoms with Crippen molar-refractivity contribution in [1.82, 2.24) is 10.3 Å². The number of hydrogen-bond donors (Lipinski definition) is 2. The molecule has 1 aromatic heterocycles. The third-order valence-corrected chi connectivity index (χ3v) is 2.26. The van der Waals surface area contributed by atoms with Crippen LogP contribution in [0.2, 0.25) is 0 Å². The van der Waals surface area contributed by atoms with Crippen LogP contribution in [0, 0.1) is 18.3 Å². The second-order valence-corrected chi connectivity index (χ2v) is 3.36. The number of nitrogens with zero attached hydrogens (tertiary/aromatic N) is 2. The predicted molar refractivity (Wildman–Crippen MR) is 59.7 cm³/mol. The number of pyridine rings is 1. The second-order valence-electron chi connectivity index (χ2n) is 3.36. The maximum atomic E-state index is 11.6. The number of nitrogens with one attached hydrogen (secondary N) is 1. The van der Waals surface area contributed by atoms with Gasteiger partial charge in [0.1, 0.15) is 12.6 Å². The summed E-state index contributed by atoms with van der Waals surface area (Å²) in [6, 6.07) is 1.83. The van der Waals surface area contributed by atoms with Crippen LogP contribution in [0.3, 0.4) is 0 Å². The van der Waals surface area contributed by atoms with Gasteiger partial charge in [-0.05, 0) is 6.92 Å². The van der Waals surface area contributed by atoms with E-state index in [1.165, 1.54) is 20.2 Å². The molecule has 7 nitrogen and oxygen atoms in total. The van der Waals surface area contributed by atoms with Crippen molar-refractivity contribution in [3.05, 3.63) is 23.0 Å². The van der Waals surface area contributed by atoms with Gasteiger partial charge in [-0.3, -0.25) is 9.59 Å². The average molecular weight is 249 g/mol. The zero-order valence-corrected chi connectivity index (χ0v) is 9.85. The molecule has 1 rings (SSSR count). The van der Waals surface area contributed by atoms with Crippen molar-refractivity contribution in [2.24, 2.45) is 0 Å². The van der Waals surface area contributed by atoms with Crippen molar-refractivity contribution >= 4 is 11.9 Å². The van der Waals surface area contributed by atoms with Crippen LogP contribution >= 0.6 is 0 Å². The molecule has 0 fully saturated rings. The van der Waals surface area contributed by atoms with Crippen molar-refractivity contribution in [2.75, 3.05) is 13.7 Å². The molecule has 0 atom stereocenters. The lowest BCUT2D eigenvalue weighted by molar-refractivity contribution is -0.139. The number of esters is 1. The molecular weight excluding hydrogens is 238 g/mol. The van der Waals surface area contributed by atoms with Crippen molar-refractivity contribution in [2.45, 2.75) is 6.92 Å². The quantitative estimate of drug-likeness (QED) is 0.721. The topological polar surface area (TPSA) is 112 Å². The van der Waals surface area contributed by atoms with E-state index in [4.69, 9.17) is 5.26 Å². The highest BCUT2D eigenvalue weighted by atomic mass is 16.5. The van der Waals surface area contributed by atoms with Gasteiger partial charge in [-0.25, -0.2) is 4.98 Å². The van der Waals surface area contributed by atoms with E-state index in [0.29, 0.717) is 0 Å². The Hall–Kier alpha value is -2.62. The molecule has 0 bridgehead atoms. The minimum absolute atomic E-state index is 0.178. The first-order chi connectivity index (χ1) is 8.51. The maximum Gasteiger partial charge on any atom is 0.325 e. The van der Waals surface area contributed by atoms with Crippen LogP contribution in [0.15, 0.2) is 6.20 Å². The van der Waals surface area contributed by atoms with E-state index in [9.17, 15) is 14.7 Å². The molecule has 7 heteroatoms. The molecule has 0 saturated heterocycles. The standard InChI is InChI=1S/C11H11N3O4/c1-6-7(3-12)4-13-9(10(6)16)11(17)14-5-8(15)18-2/h4,16H,5H2,1-2H3,(H,14,17). The minimum atomic E-state index is -0.717. The van der Waals surface area contributed by atoms with Gasteiger partial charge in [0.05, 0.1) is 12.7 Å². The lowest BCUT2D eigenvalue weighted by Gasteiger charge is -2.07. The number of amides is 1. The molecule has 0 saturated carbocycles. The number of nitriles is 1. The van der Waals surface area contributed by atoms with E-state index in [1.807, 2.05) is 6.07 Å². The number of methoxy groups -OCH3 is 1. The highest BCUT2D eigenvalue weighted by Crippen LogP contribution is 2.22. The largest absolute Gasteiger partial charge is 0.505 e. The number of carbonyl (C=O) groups excluding carboxylic acids is 2. The van der Waals surface area contributed by atoms with Gasteiger partial charge in [0.15, 0.2) is 11.4 Å². The summed E-state index contributed by atoms with van der Waals surface area (Å²) in [7, 11) is 1.19. The first-order valence-corrected chi connectivity index (χ1v) is 4.95. The Balaban J connectivity index is 2.91. The van der Waals surface area contributed by atoms with E-state index in [1.54, 1.807) is 0 Å². The summed E-state index contributed by atoms with van der Waals surface area (Å²) in [5, 5.41) is 20.7. The molecule has 1 heterocycles. The van der Waals surface area contributed by atoms with Gasteiger partial charge < -0.3 is 15.2 Å².